The number of carbonyl (C=O) groups excluding carboxylic acids is 1. The molecule has 2 aliphatic heterocycles. The highest BCUT2D eigenvalue weighted by molar-refractivity contribution is 6.42. The van der Waals surface area contributed by atoms with Gasteiger partial charge in [0.05, 0.1) is 22.6 Å². The summed E-state index contributed by atoms with van der Waals surface area (Å²) >= 11 is 12.3. The van der Waals surface area contributed by atoms with Crippen LogP contribution in [-0.2, 0) is 16.6 Å². The number of aryl methyl sites for hydroxylation is 1. The predicted molar refractivity (Wildman–Crippen MR) is 137 cm³/mol. The van der Waals surface area contributed by atoms with Gasteiger partial charge in [-0.15, -0.1) is 0 Å². The second-order valence-electron chi connectivity index (χ2n) is 9.79. The standard InChI is InChI=1S/C27H34Cl2N2O2/c1-19-10-14-30(15-11-19)13-4-5-20-17-22(7-9-25(20)33-3)31-16-12-27(2,26(31)32)21-6-8-23(28)24(29)18-21/h6-9,17-19H,4-5,10-16H2,1-3H3. The van der Waals surface area contributed by atoms with Crippen molar-refractivity contribution in [1.82, 2.24) is 4.90 Å². The monoisotopic (exact) mass is 488 g/mol. The molecule has 2 fully saturated rings. The Hall–Kier alpha value is -1.75. The number of hydrogen-bond donors (Lipinski definition) is 0. The highest BCUT2D eigenvalue weighted by atomic mass is 35.5. The predicted octanol–water partition coefficient (Wildman–Crippen LogP) is 6.36. The molecule has 0 spiro atoms. The Balaban J connectivity index is 1.47. The molecular weight excluding hydrogens is 455 g/mol. The molecule has 1 amide bonds. The van der Waals surface area contributed by atoms with Crippen molar-refractivity contribution in [2.24, 2.45) is 5.92 Å². The van der Waals surface area contributed by atoms with Gasteiger partial charge in [-0.2, -0.15) is 0 Å². The van der Waals surface area contributed by atoms with Crippen LogP contribution in [0.25, 0.3) is 0 Å². The molecule has 2 saturated heterocycles. The molecule has 1 atom stereocenters. The van der Waals surface area contributed by atoms with E-state index >= 15 is 0 Å². The summed E-state index contributed by atoms with van der Waals surface area (Å²) in [6.45, 7) is 8.53. The fraction of sp³-hybridized carbons (Fsp3) is 0.519. The number of nitrogens with zero attached hydrogens (tertiary/aromatic N) is 2. The van der Waals surface area contributed by atoms with Crippen LogP contribution in [0.3, 0.4) is 0 Å². The number of ether oxygens (including phenoxy) is 1. The van der Waals surface area contributed by atoms with Gasteiger partial charge in [0.2, 0.25) is 5.91 Å². The summed E-state index contributed by atoms with van der Waals surface area (Å²) in [5, 5.41) is 0.988. The minimum atomic E-state index is -0.611. The number of carbonyl (C=O) groups is 1. The van der Waals surface area contributed by atoms with Crippen LogP contribution >= 0.6 is 23.2 Å². The average molecular weight is 489 g/mol. The maximum atomic E-state index is 13.5. The number of amides is 1. The Morgan fingerprint density at radius 1 is 1.06 bits per heavy atom. The molecule has 4 rings (SSSR count). The van der Waals surface area contributed by atoms with Gasteiger partial charge in [0.1, 0.15) is 5.75 Å². The Bertz CT molecular complexity index is 1000. The molecule has 0 N–H and O–H groups in total. The third-order valence-corrected chi connectivity index (χ3v) is 8.22. The Labute approximate surface area is 207 Å². The molecule has 0 aliphatic carbocycles. The minimum absolute atomic E-state index is 0.0967. The number of rotatable bonds is 7. The molecule has 0 radical (unpaired) electrons. The Morgan fingerprint density at radius 3 is 2.52 bits per heavy atom. The van der Waals surface area contributed by atoms with E-state index < -0.39 is 5.41 Å². The van der Waals surface area contributed by atoms with Gasteiger partial charge in [0, 0.05) is 12.2 Å². The zero-order valence-electron chi connectivity index (χ0n) is 19.9. The molecule has 2 heterocycles. The summed E-state index contributed by atoms with van der Waals surface area (Å²) in [7, 11) is 1.72. The smallest absolute Gasteiger partial charge is 0.237 e. The van der Waals surface area contributed by atoms with Crippen molar-refractivity contribution in [1.29, 1.82) is 0 Å². The summed E-state index contributed by atoms with van der Waals surface area (Å²) in [5.74, 6) is 1.84. The van der Waals surface area contributed by atoms with Crippen molar-refractivity contribution >= 4 is 34.8 Å². The average Bonchev–Trinajstić information content (AvgIpc) is 3.12. The number of hydrogen-bond acceptors (Lipinski definition) is 3. The molecule has 2 aromatic carbocycles. The second-order valence-corrected chi connectivity index (χ2v) is 10.6. The van der Waals surface area contributed by atoms with Gasteiger partial charge in [0.25, 0.3) is 0 Å². The molecule has 2 aliphatic rings. The number of halogens is 2. The van der Waals surface area contributed by atoms with Crippen LogP contribution in [0.1, 0.15) is 50.7 Å². The molecule has 2 aromatic rings. The molecule has 0 saturated carbocycles. The molecule has 33 heavy (non-hydrogen) atoms. The van der Waals surface area contributed by atoms with E-state index in [0.29, 0.717) is 16.6 Å². The third-order valence-electron chi connectivity index (χ3n) is 7.48. The highest BCUT2D eigenvalue weighted by Gasteiger charge is 2.44. The largest absolute Gasteiger partial charge is 0.496 e. The maximum absolute atomic E-state index is 13.5. The number of likely N-dealkylation sites (tertiary alicyclic amines) is 1. The van der Waals surface area contributed by atoms with Gasteiger partial charge in [-0.3, -0.25) is 4.79 Å². The van der Waals surface area contributed by atoms with Gasteiger partial charge >= 0.3 is 0 Å². The van der Waals surface area contributed by atoms with Crippen molar-refractivity contribution in [2.45, 2.75) is 51.4 Å². The van der Waals surface area contributed by atoms with Crippen LogP contribution in [0.15, 0.2) is 36.4 Å². The fourth-order valence-corrected chi connectivity index (χ4v) is 5.40. The van der Waals surface area contributed by atoms with E-state index in [4.69, 9.17) is 27.9 Å². The van der Waals surface area contributed by atoms with E-state index in [1.54, 1.807) is 13.2 Å². The topological polar surface area (TPSA) is 32.8 Å². The first kappa shape index (κ1) is 24.4. The first-order valence-corrected chi connectivity index (χ1v) is 12.7. The fourth-order valence-electron chi connectivity index (χ4n) is 5.10. The summed E-state index contributed by atoms with van der Waals surface area (Å²) in [6, 6.07) is 11.6. The molecule has 178 valence electrons. The van der Waals surface area contributed by atoms with E-state index in [-0.39, 0.29) is 5.91 Å². The van der Waals surface area contributed by atoms with Gasteiger partial charge in [0.15, 0.2) is 0 Å². The van der Waals surface area contributed by atoms with E-state index in [2.05, 4.69) is 17.9 Å². The van der Waals surface area contributed by atoms with Gasteiger partial charge in [-0.1, -0.05) is 36.2 Å². The van der Waals surface area contributed by atoms with E-state index in [9.17, 15) is 4.79 Å². The first-order chi connectivity index (χ1) is 15.8. The van der Waals surface area contributed by atoms with Crippen molar-refractivity contribution in [2.75, 3.05) is 38.2 Å². The lowest BCUT2D eigenvalue weighted by Crippen LogP contribution is -2.35. The molecular formula is C27H34Cl2N2O2. The first-order valence-electron chi connectivity index (χ1n) is 12.0. The van der Waals surface area contributed by atoms with Crippen molar-refractivity contribution in [3.63, 3.8) is 0 Å². The number of benzene rings is 2. The van der Waals surface area contributed by atoms with Crippen LogP contribution in [0.5, 0.6) is 5.75 Å². The lowest BCUT2D eigenvalue weighted by molar-refractivity contribution is -0.121. The Morgan fingerprint density at radius 2 is 1.82 bits per heavy atom. The molecule has 6 heteroatoms. The summed E-state index contributed by atoms with van der Waals surface area (Å²) in [6.07, 6.45) is 5.36. The Kier molecular flexibility index (Phi) is 7.57. The van der Waals surface area contributed by atoms with Crippen molar-refractivity contribution < 1.29 is 9.53 Å². The molecule has 1 unspecified atom stereocenters. The summed E-state index contributed by atoms with van der Waals surface area (Å²) < 4.78 is 5.64. The highest BCUT2D eigenvalue weighted by Crippen LogP contribution is 2.40. The maximum Gasteiger partial charge on any atom is 0.237 e. The molecule has 0 bridgehead atoms. The zero-order valence-corrected chi connectivity index (χ0v) is 21.4. The SMILES string of the molecule is COc1ccc(N2CCC(C)(c3ccc(Cl)c(Cl)c3)C2=O)cc1CCCN1CCC(C)CC1. The van der Waals surface area contributed by atoms with E-state index in [1.807, 2.05) is 36.1 Å². The zero-order chi connectivity index (χ0) is 23.6. The van der Waals surface area contributed by atoms with Crippen LogP contribution in [0.2, 0.25) is 10.0 Å². The van der Waals surface area contributed by atoms with Gasteiger partial charge in [-0.05, 0) is 106 Å². The van der Waals surface area contributed by atoms with Crippen molar-refractivity contribution in [3.8, 4) is 5.75 Å². The number of methoxy groups -OCH3 is 1. The molecule has 0 aromatic heterocycles. The van der Waals surface area contributed by atoms with Crippen LogP contribution < -0.4 is 9.64 Å². The number of piperidine rings is 1. The van der Waals surface area contributed by atoms with E-state index in [1.165, 1.54) is 25.9 Å². The second kappa shape index (κ2) is 10.2. The lowest BCUT2D eigenvalue weighted by atomic mass is 9.81. The summed E-state index contributed by atoms with van der Waals surface area (Å²) in [4.78, 5) is 18.0. The van der Waals surface area contributed by atoms with Crippen molar-refractivity contribution in [3.05, 3.63) is 57.6 Å². The summed E-state index contributed by atoms with van der Waals surface area (Å²) in [5.41, 5.74) is 2.40. The quantitative estimate of drug-likeness (QED) is 0.454. The van der Waals surface area contributed by atoms with Gasteiger partial charge in [-0.25, -0.2) is 0 Å². The van der Waals surface area contributed by atoms with Crippen LogP contribution in [-0.4, -0.2) is 44.1 Å². The normalized spacial score (nSPS) is 22.2. The third kappa shape index (κ3) is 5.18. The van der Waals surface area contributed by atoms with Crippen LogP contribution in [0.4, 0.5) is 5.69 Å². The van der Waals surface area contributed by atoms with E-state index in [0.717, 1.165) is 54.3 Å². The van der Waals surface area contributed by atoms with Crippen LogP contribution in [0, 0.1) is 5.92 Å². The number of anilines is 1. The lowest BCUT2D eigenvalue weighted by Gasteiger charge is -2.30. The van der Waals surface area contributed by atoms with Gasteiger partial charge < -0.3 is 14.5 Å². The molecule has 4 nitrogen and oxygen atoms in total. The minimum Gasteiger partial charge on any atom is -0.496 e.